The summed E-state index contributed by atoms with van der Waals surface area (Å²) in [6.07, 6.45) is 1.10. The summed E-state index contributed by atoms with van der Waals surface area (Å²) in [5.41, 5.74) is 0.501. The first-order valence-corrected chi connectivity index (χ1v) is 6.83. The zero-order valence-electron chi connectivity index (χ0n) is 12.0. The van der Waals surface area contributed by atoms with Crippen molar-refractivity contribution in [1.82, 2.24) is 10.6 Å². The molecule has 1 unspecified atom stereocenters. The Labute approximate surface area is 123 Å². The normalized spacial score (nSPS) is 11.5. The highest BCUT2D eigenvalue weighted by Gasteiger charge is 2.10. The van der Waals surface area contributed by atoms with Gasteiger partial charge in [0.25, 0.3) is 5.91 Å². The van der Waals surface area contributed by atoms with Gasteiger partial charge >= 0.3 is 5.97 Å². The van der Waals surface area contributed by atoms with Crippen LogP contribution in [-0.2, 0) is 9.59 Å². The Morgan fingerprint density at radius 3 is 2.43 bits per heavy atom. The number of benzene rings is 1. The quantitative estimate of drug-likeness (QED) is 0.624. The van der Waals surface area contributed by atoms with Crippen molar-refractivity contribution >= 4 is 17.8 Å². The van der Waals surface area contributed by atoms with E-state index < -0.39 is 11.9 Å². The first kappa shape index (κ1) is 16.7. The number of hydrogen-bond donors (Lipinski definition) is 3. The Morgan fingerprint density at radius 2 is 1.81 bits per heavy atom. The van der Waals surface area contributed by atoms with Gasteiger partial charge in [-0.05, 0) is 25.0 Å². The van der Waals surface area contributed by atoms with Gasteiger partial charge in [-0.1, -0.05) is 25.1 Å². The van der Waals surface area contributed by atoms with Crippen molar-refractivity contribution in [1.29, 1.82) is 0 Å². The molecule has 1 aromatic rings. The highest BCUT2D eigenvalue weighted by atomic mass is 16.4. The molecule has 3 N–H and O–H groups in total. The summed E-state index contributed by atoms with van der Waals surface area (Å²) in [5, 5.41) is 13.9. The van der Waals surface area contributed by atoms with Gasteiger partial charge in [-0.2, -0.15) is 0 Å². The first-order valence-electron chi connectivity index (χ1n) is 6.83. The topological polar surface area (TPSA) is 95.5 Å². The molecule has 21 heavy (non-hydrogen) atoms. The minimum Gasteiger partial charge on any atom is -0.481 e. The van der Waals surface area contributed by atoms with Crippen LogP contribution in [0.3, 0.4) is 0 Å². The number of rotatable bonds is 8. The number of carbonyl (C=O) groups is 3. The second-order valence-electron chi connectivity index (χ2n) is 4.78. The molecular formula is C15H20N2O4. The van der Waals surface area contributed by atoms with E-state index >= 15 is 0 Å². The van der Waals surface area contributed by atoms with Crippen LogP contribution in [0, 0.1) is 5.92 Å². The molecule has 0 fully saturated rings. The van der Waals surface area contributed by atoms with Gasteiger partial charge in [0.1, 0.15) is 0 Å². The van der Waals surface area contributed by atoms with Crippen molar-refractivity contribution < 1.29 is 19.5 Å². The highest BCUT2D eigenvalue weighted by Crippen LogP contribution is 2.04. The zero-order valence-corrected chi connectivity index (χ0v) is 12.0. The van der Waals surface area contributed by atoms with E-state index in [1.165, 1.54) is 0 Å². The summed E-state index contributed by atoms with van der Waals surface area (Å²) in [4.78, 5) is 33.8. The van der Waals surface area contributed by atoms with Crippen LogP contribution < -0.4 is 10.6 Å². The average Bonchev–Trinajstić information content (AvgIpc) is 2.49. The van der Waals surface area contributed by atoms with Crippen molar-refractivity contribution in [2.45, 2.75) is 19.8 Å². The monoisotopic (exact) mass is 292 g/mol. The second-order valence-corrected chi connectivity index (χ2v) is 4.78. The second kappa shape index (κ2) is 8.73. The van der Waals surface area contributed by atoms with Crippen LogP contribution in [0.25, 0.3) is 0 Å². The Morgan fingerprint density at radius 1 is 1.14 bits per heavy atom. The minimum absolute atomic E-state index is 0.0950. The number of carboxylic acid groups (broad SMARTS) is 1. The van der Waals surface area contributed by atoms with E-state index in [2.05, 4.69) is 10.6 Å². The third-order valence-electron chi connectivity index (χ3n) is 3.00. The fraction of sp³-hybridized carbons (Fsp3) is 0.400. The SMILES string of the molecule is CC(CCCNC(=O)CNC(=O)c1ccccc1)C(=O)O. The number of amides is 2. The predicted molar refractivity (Wildman–Crippen MR) is 77.8 cm³/mol. The van der Waals surface area contributed by atoms with Crippen molar-refractivity contribution in [3.05, 3.63) is 35.9 Å². The summed E-state index contributed by atoms with van der Waals surface area (Å²) < 4.78 is 0. The van der Waals surface area contributed by atoms with Crippen LogP contribution in [0.1, 0.15) is 30.1 Å². The third kappa shape index (κ3) is 6.56. The summed E-state index contributed by atoms with van der Waals surface area (Å²) in [6.45, 7) is 1.93. The van der Waals surface area contributed by atoms with Crippen molar-refractivity contribution in [2.75, 3.05) is 13.1 Å². The van der Waals surface area contributed by atoms with Crippen LogP contribution in [0.2, 0.25) is 0 Å². The number of aliphatic carboxylic acids is 1. The molecule has 0 spiro atoms. The minimum atomic E-state index is -0.837. The molecule has 6 nitrogen and oxygen atoms in total. The van der Waals surface area contributed by atoms with Crippen LogP contribution in [0.4, 0.5) is 0 Å². The van der Waals surface area contributed by atoms with E-state index in [4.69, 9.17) is 5.11 Å². The molecule has 0 aliphatic carbocycles. The fourth-order valence-corrected chi connectivity index (χ4v) is 1.67. The Bertz CT molecular complexity index is 488. The van der Waals surface area contributed by atoms with E-state index in [9.17, 15) is 14.4 Å². The maximum Gasteiger partial charge on any atom is 0.306 e. The molecule has 0 heterocycles. The first-order chi connectivity index (χ1) is 10.0. The number of nitrogens with one attached hydrogen (secondary N) is 2. The van der Waals surface area contributed by atoms with Crippen LogP contribution in [-0.4, -0.2) is 36.0 Å². The standard InChI is InChI=1S/C15H20N2O4/c1-11(15(20)21)6-5-9-16-13(18)10-17-14(19)12-7-3-2-4-8-12/h2-4,7-8,11H,5-6,9-10H2,1H3,(H,16,18)(H,17,19)(H,20,21). The van der Waals surface area contributed by atoms with Gasteiger partial charge in [-0.25, -0.2) is 0 Å². The molecule has 0 saturated heterocycles. The molecular weight excluding hydrogens is 272 g/mol. The predicted octanol–water partition coefficient (Wildman–Crippen LogP) is 1.03. The maximum atomic E-state index is 11.7. The lowest BCUT2D eigenvalue weighted by atomic mass is 10.1. The lowest BCUT2D eigenvalue weighted by Gasteiger charge is -2.08. The van der Waals surface area contributed by atoms with Gasteiger partial charge in [-0.15, -0.1) is 0 Å². The fourth-order valence-electron chi connectivity index (χ4n) is 1.67. The molecule has 1 rings (SSSR count). The number of carboxylic acids is 1. The van der Waals surface area contributed by atoms with Crippen LogP contribution in [0.15, 0.2) is 30.3 Å². The summed E-state index contributed by atoms with van der Waals surface area (Å²) in [5.74, 6) is -1.84. The maximum absolute atomic E-state index is 11.7. The molecule has 0 saturated carbocycles. The van der Waals surface area contributed by atoms with E-state index in [-0.39, 0.29) is 18.4 Å². The van der Waals surface area contributed by atoms with Crippen LogP contribution >= 0.6 is 0 Å². The molecule has 114 valence electrons. The molecule has 0 bridgehead atoms. The molecule has 6 heteroatoms. The number of carbonyl (C=O) groups excluding carboxylic acids is 2. The van der Waals surface area contributed by atoms with Gasteiger partial charge < -0.3 is 15.7 Å². The summed E-state index contributed by atoms with van der Waals surface area (Å²) in [7, 11) is 0. The Hall–Kier alpha value is -2.37. The highest BCUT2D eigenvalue weighted by molar-refractivity contribution is 5.96. The van der Waals surface area contributed by atoms with Crippen molar-refractivity contribution in [3.8, 4) is 0 Å². The van der Waals surface area contributed by atoms with E-state index in [1.807, 2.05) is 6.07 Å². The van der Waals surface area contributed by atoms with Crippen molar-refractivity contribution in [2.24, 2.45) is 5.92 Å². The molecule has 1 aromatic carbocycles. The van der Waals surface area contributed by atoms with Crippen LogP contribution in [0.5, 0.6) is 0 Å². The molecule has 2 amide bonds. The summed E-state index contributed by atoms with van der Waals surface area (Å²) >= 11 is 0. The molecule has 0 radical (unpaired) electrons. The van der Waals surface area contributed by atoms with Gasteiger partial charge in [0, 0.05) is 12.1 Å². The van der Waals surface area contributed by atoms with E-state index in [0.29, 0.717) is 24.9 Å². The zero-order chi connectivity index (χ0) is 15.7. The summed E-state index contributed by atoms with van der Waals surface area (Å²) in [6, 6.07) is 8.64. The Kier molecular flexibility index (Phi) is 6.94. The lowest BCUT2D eigenvalue weighted by Crippen LogP contribution is -2.37. The Balaban J connectivity index is 2.17. The van der Waals surface area contributed by atoms with Gasteiger partial charge in [0.2, 0.25) is 5.91 Å². The largest absolute Gasteiger partial charge is 0.481 e. The van der Waals surface area contributed by atoms with E-state index in [1.54, 1.807) is 31.2 Å². The van der Waals surface area contributed by atoms with Gasteiger partial charge in [0.05, 0.1) is 12.5 Å². The molecule has 0 aliphatic rings. The molecule has 0 aliphatic heterocycles. The molecule has 1 atom stereocenters. The average molecular weight is 292 g/mol. The van der Waals surface area contributed by atoms with E-state index in [0.717, 1.165) is 0 Å². The smallest absolute Gasteiger partial charge is 0.306 e. The van der Waals surface area contributed by atoms with Gasteiger partial charge in [0.15, 0.2) is 0 Å². The molecule has 0 aromatic heterocycles. The lowest BCUT2D eigenvalue weighted by molar-refractivity contribution is -0.141. The van der Waals surface area contributed by atoms with Gasteiger partial charge in [-0.3, -0.25) is 14.4 Å². The number of hydrogen-bond acceptors (Lipinski definition) is 3. The van der Waals surface area contributed by atoms with Crippen molar-refractivity contribution in [3.63, 3.8) is 0 Å². The third-order valence-corrected chi connectivity index (χ3v) is 3.00.